The van der Waals surface area contributed by atoms with Gasteiger partial charge in [0.15, 0.2) is 0 Å². The average Bonchev–Trinajstić information content (AvgIpc) is 2.42. The Bertz CT molecular complexity index is 340. The van der Waals surface area contributed by atoms with Crippen LogP contribution in [0, 0.1) is 26.2 Å². The molecule has 3 heteroatoms. The van der Waals surface area contributed by atoms with Crippen molar-refractivity contribution < 1.29 is 4.79 Å². The second kappa shape index (κ2) is 4.11. The molecule has 1 heterocycles. The summed E-state index contributed by atoms with van der Waals surface area (Å²) in [7, 11) is 0. The number of hydrogen-bond acceptors (Lipinski definition) is 2. The zero-order valence-corrected chi connectivity index (χ0v) is 8.49. The zero-order chi connectivity index (χ0) is 9.84. The van der Waals surface area contributed by atoms with Gasteiger partial charge in [0.25, 0.3) is 5.91 Å². The first kappa shape index (κ1) is 9.82. The number of rotatable bonds is 2. The molecule has 0 aliphatic rings. The first-order valence-corrected chi connectivity index (χ1v) is 4.75. The second-order valence-electron chi connectivity index (χ2n) is 2.78. The monoisotopic (exact) mass is 193 g/mol. The van der Waals surface area contributed by atoms with E-state index in [0.717, 1.165) is 4.88 Å². The number of hydrogen-bond donors (Lipinski definition) is 1. The molecule has 0 saturated heterocycles. The highest BCUT2D eigenvalue weighted by Crippen LogP contribution is 2.19. The van der Waals surface area contributed by atoms with E-state index in [0.29, 0.717) is 6.54 Å². The molecule has 0 aliphatic heterocycles. The average molecular weight is 193 g/mol. The van der Waals surface area contributed by atoms with Crippen LogP contribution in [0.1, 0.15) is 15.3 Å². The molecule has 1 N–H and O–H groups in total. The van der Waals surface area contributed by atoms with Crippen molar-refractivity contribution >= 4 is 17.2 Å². The topological polar surface area (TPSA) is 29.1 Å². The highest BCUT2D eigenvalue weighted by Gasteiger charge is 2.02. The van der Waals surface area contributed by atoms with Crippen molar-refractivity contribution in [3.05, 3.63) is 21.4 Å². The molecule has 2 nitrogen and oxygen atoms in total. The lowest BCUT2D eigenvalue weighted by Crippen LogP contribution is -2.19. The minimum Gasteiger partial charge on any atom is -0.340 e. The molecular formula is C10H11NOS. The van der Waals surface area contributed by atoms with E-state index in [1.807, 2.05) is 5.92 Å². The Balaban J connectivity index is 2.56. The first-order valence-electron chi connectivity index (χ1n) is 3.94. The van der Waals surface area contributed by atoms with Gasteiger partial charge in [0.2, 0.25) is 0 Å². The molecule has 1 amide bonds. The highest BCUT2D eigenvalue weighted by atomic mass is 32.1. The molecular weight excluding hydrogens is 182 g/mol. The Kier molecular flexibility index (Phi) is 3.10. The molecule has 13 heavy (non-hydrogen) atoms. The summed E-state index contributed by atoms with van der Waals surface area (Å²) in [5, 5.41) is 2.62. The summed E-state index contributed by atoms with van der Waals surface area (Å²) in [6.45, 7) is 4.65. The van der Waals surface area contributed by atoms with Gasteiger partial charge in [-0.2, -0.15) is 0 Å². The molecule has 1 aromatic rings. The summed E-state index contributed by atoms with van der Waals surface area (Å²) >= 11 is 1.68. The number of thiophene rings is 1. The maximum atomic E-state index is 10.7. The van der Waals surface area contributed by atoms with Gasteiger partial charge in [-0.3, -0.25) is 4.79 Å². The van der Waals surface area contributed by atoms with E-state index in [1.165, 1.54) is 10.4 Å². The minimum absolute atomic E-state index is 0.358. The quantitative estimate of drug-likeness (QED) is 0.710. The number of carbonyl (C=O) groups excluding carboxylic acids is 1. The normalized spacial score (nSPS) is 9.31. The fourth-order valence-corrected chi connectivity index (χ4v) is 1.95. The van der Waals surface area contributed by atoms with Crippen molar-refractivity contribution in [1.29, 1.82) is 0 Å². The lowest BCUT2D eigenvalue weighted by molar-refractivity contribution is -0.115. The third-order valence-electron chi connectivity index (χ3n) is 1.77. The van der Waals surface area contributed by atoms with Crippen LogP contribution >= 0.6 is 11.3 Å². The van der Waals surface area contributed by atoms with Gasteiger partial charge in [-0.05, 0) is 31.4 Å². The Morgan fingerprint density at radius 2 is 2.38 bits per heavy atom. The zero-order valence-electron chi connectivity index (χ0n) is 7.68. The molecule has 1 rings (SSSR count). The fraction of sp³-hybridized carbons (Fsp3) is 0.300. The summed E-state index contributed by atoms with van der Waals surface area (Å²) in [6.07, 6.45) is 4.91. The van der Waals surface area contributed by atoms with Gasteiger partial charge in [0.05, 0.1) is 6.54 Å². The Morgan fingerprint density at radius 3 is 2.85 bits per heavy atom. The Labute approximate surface area is 82.0 Å². The predicted octanol–water partition coefficient (Wildman–Crippen LogP) is 1.61. The van der Waals surface area contributed by atoms with Crippen LogP contribution in [-0.4, -0.2) is 5.91 Å². The summed E-state index contributed by atoms with van der Waals surface area (Å²) in [5.41, 5.74) is 1.26. The number of nitrogens with one attached hydrogen (secondary N) is 1. The summed E-state index contributed by atoms with van der Waals surface area (Å²) in [5.74, 6) is 1.65. The van der Waals surface area contributed by atoms with Crippen LogP contribution < -0.4 is 5.32 Å². The van der Waals surface area contributed by atoms with Crippen molar-refractivity contribution in [3.8, 4) is 12.3 Å². The molecule has 0 aliphatic carbocycles. The fourth-order valence-electron chi connectivity index (χ4n) is 0.955. The van der Waals surface area contributed by atoms with Gasteiger partial charge in [0.1, 0.15) is 0 Å². The number of aryl methyl sites for hydroxylation is 2. The molecule has 0 radical (unpaired) electrons. The Morgan fingerprint density at radius 1 is 1.69 bits per heavy atom. The van der Waals surface area contributed by atoms with Crippen LogP contribution in [-0.2, 0) is 11.3 Å². The number of carbonyl (C=O) groups is 1. The van der Waals surface area contributed by atoms with E-state index < -0.39 is 0 Å². The number of terminal acetylenes is 1. The highest BCUT2D eigenvalue weighted by molar-refractivity contribution is 7.12. The van der Waals surface area contributed by atoms with Gasteiger partial charge in [-0.25, -0.2) is 0 Å². The standard InChI is InChI=1S/C10H11NOS/c1-4-10(12)11-6-9-5-7(2)8(3)13-9/h1,5H,6H2,2-3H3,(H,11,12). The smallest absolute Gasteiger partial charge is 0.295 e. The van der Waals surface area contributed by atoms with Gasteiger partial charge in [-0.1, -0.05) is 0 Å². The van der Waals surface area contributed by atoms with Gasteiger partial charge < -0.3 is 5.32 Å². The van der Waals surface area contributed by atoms with Crippen LogP contribution in [0.5, 0.6) is 0 Å². The van der Waals surface area contributed by atoms with Crippen LogP contribution in [0.3, 0.4) is 0 Å². The van der Waals surface area contributed by atoms with Crippen LogP contribution in [0.15, 0.2) is 6.07 Å². The third kappa shape index (κ3) is 2.60. The number of amides is 1. The van der Waals surface area contributed by atoms with E-state index in [2.05, 4.69) is 25.2 Å². The molecule has 0 spiro atoms. The Hall–Kier alpha value is -1.27. The van der Waals surface area contributed by atoms with E-state index in [4.69, 9.17) is 6.42 Å². The largest absolute Gasteiger partial charge is 0.340 e. The molecule has 0 saturated carbocycles. The first-order chi connectivity index (χ1) is 6.13. The predicted molar refractivity (Wildman–Crippen MR) is 54.5 cm³/mol. The maximum absolute atomic E-state index is 10.7. The molecule has 1 aromatic heterocycles. The van der Waals surface area contributed by atoms with Crippen molar-refractivity contribution in [1.82, 2.24) is 5.32 Å². The van der Waals surface area contributed by atoms with Crippen molar-refractivity contribution in [2.24, 2.45) is 0 Å². The van der Waals surface area contributed by atoms with Crippen molar-refractivity contribution in [2.75, 3.05) is 0 Å². The van der Waals surface area contributed by atoms with Crippen LogP contribution in [0.25, 0.3) is 0 Å². The van der Waals surface area contributed by atoms with Crippen LogP contribution in [0.2, 0.25) is 0 Å². The van der Waals surface area contributed by atoms with Gasteiger partial charge in [-0.15, -0.1) is 17.8 Å². The van der Waals surface area contributed by atoms with Crippen molar-refractivity contribution in [2.45, 2.75) is 20.4 Å². The summed E-state index contributed by atoms with van der Waals surface area (Å²) in [4.78, 5) is 13.2. The molecule has 0 aromatic carbocycles. The van der Waals surface area contributed by atoms with E-state index in [-0.39, 0.29) is 5.91 Å². The molecule has 0 unspecified atom stereocenters. The molecule has 0 atom stereocenters. The maximum Gasteiger partial charge on any atom is 0.295 e. The van der Waals surface area contributed by atoms with E-state index >= 15 is 0 Å². The summed E-state index contributed by atoms with van der Waals surface area (Å²) < 4.78 is 0. The van der Waals surface area contributed by atoms with E-state index in [1.54, 1.807) is 11.3 Å². The third-order valence-corrected chi connectivity index (χ3v) is 2.92. The minimum atomic E-state index is -0.358. The summed E-state index contributed by atoms with van der Waals surface area (Å²) in [6, 6.07) is 2.07. The molecule has 0 fully saturated rings. The van der Waals surface area contributed by atoms with Gasteiger partial charge in [0, 0.05) is 9.75 Å². The van der Waals surface area contributed by atoms with Gasteiger partial charge >= 0.3 is 0 Å². The van der Waals surface area contributed by atoms with E-state index in [9.17, 15) is 4.79 Å². The second-order valence-corrected chi connectivity index (χ2v) is 4.12. The molecule has 68 valence electrons. The lowest BCUT2D eigenvalue weighted by atomic mass is 10.3. The lowest BCUT2D eigenvalue weighted by Gasteiger charge is -1.95. The molecule has 0 bridgehead atoms. The van der Waals surface area contributed by atoms with Crippen LogP contribution in [0.4, 0.5) is 0 Å². The van der Waals surface area contributed by atoms with Crippen molar-refractivity contribution in [3.63, 3.8) is 0 Å². The SMILES string of the molecule is C#CC(=O)NCc1cc(C)c(C)s1.